The minimum atomic E-state index is -3.85. The maximum absolute atomic E-state index is 10.9. The smallest absolute Gasteiger partial charge is 0.231 e. The van der Waals surface area contributed by atoms with Crippen LogP contribution in [0.2, 0.25) is 5.02 Å². The molecule has 0 heterocycles. The molecule has 0 fully saturated rings. The molecule has 0 aliphatic carbocycles. The van der Waals surface area contributed by atoms with Gasteiger partial charge in [-0.25, -0.2) is 18.7 Å². The summed E-state index contributed by atoms with van der Waals surface area (Å²) in [5.74, 6) is 0. The second-order valence-corrected chi connectivity index (χ2v) is 4.34. The molecule has 0 aliphatic rings. The molecule has 0 aromatic heterocycles. The molecular formula is C7H7ClNO3S. The Balaban J connectivity index is 3.47. The summed E-state index contributed by atoms with van der Waals surface area (Å²) in [6, 6.07) is 4.14. The van der Waals surface area contributed by atoms with Gasteiger partial charge in [0.15, 0.2) is 0 Å². The molecule has 6 heteroatoms. The molecule has 1 radical (unpaired) electrons. The molecule has 2 N–H and O–H groups in total. The maximum atomic E-state index is 10.9. The van der Waals surface area contributed by atoms with Crippen molar-refractivity contribution in [3.8, 4) is 0 Å². The van der Waals surface area contributed by atoms with Crippen molar-refractivity contribution in [1.82, 2.24) is 0 Å². The molecule has 71 valence electrons. The fourth-order valence-electron chi connectivity index (χ4n) is 0.946. The molecule has 0 amide bonds. The lowest BCUT2D eigenvalue weighted by Crippen LogP contribution is -2.14. The Kier molecular flexibility index (Phi) is 2.92. The number of hydrogen-bond acceptors (Lipinski definition) is 2. The average Bonchev–Trinajstić information content (AvgIpc) is 2.02. The SMILES string of the molecule is NS(=O)(=O)c1cccc(Cl)c1C[O]. The Bertz CT molecular complexity index is 416. The van der Waals surface area contributed by atoms with Gasteiger partial charge in [-0.2, -0.15) is 0 Å². The zero-order valence-electron chi connectivity index (χ0n) is 6.53. The molecule has 1 aromatic rings. The molecule has 0 spiro atoms. The van der Waals surface area contributed by atoms with Gasteiger partial charge in [0, 0.05) is 10.6 Å². The summed E-state index contributed by atoms with van der Waals surface area (Å²) in [6.45, 7) is -0.703. The standard InChI is InChI=1S/C7H7ClNO3S/c8-6-2-1-3-7(5(6)4-10)13(9,11)12/h1-3H,4H2,(H2,9,11,12). The van der Waals surface area contributed by atoms with Crippen LogP contribution in [0.1, 0.15) is 5.56 Å². The zero-order chi connectivity index (χ0) is 10.1. The van der Waals surface area contributed by atoms with Gasteiger partial charge in [-0.1, -0.05) is 17.7 Å². The average molecular weight is 221 g/mol. The van der Waals surface area contributed by atoms with Crippen molar-refractivity contribution >= 4 is 21.6 Å². The van der Waals surface area contributed by atoms with Crippen molar-refractivity contribution in [2.24, 2.45) is 5.14 Å². The molecule has 0 bridgehead atoms. The van der Waals surface area contributed by atoms with Crippen LogP contribution in [0.3, 0.4) is 0 Å². The minimum absolute atomic E-state index is 0.0201. The molecule has 0 saturated carbocycles. The minimum Gasteiger partial charge on any atom is -0.231 e. The van der Waals surface area contributed by atoms with E-state index >= 15 is 0 Å². The normalized spacial score (nSPS) is 11.6. The molecule has 4 nitrogen and oxygen atoms in total. The van der Waals surface area contributed by atoms with E-state index in [0.29, 0.717) is 0 Å². The van der Waals surface area contributed by atoms with Gasteiger partial charge in [-0.15, -0.1) is 0 Å². The summed E-state index contributed by atoms with van der Waals surface area (Å²) in [5.41, 5.74) is 0.0201. The van der Waals surface area contributed by atoms with Gasteiger partial charge in [0.25, 0.3) is 0 Å². The van der Waals surface area contributed by atoms with E-state index in [9.17, 15) is 13.5 Å². The van der Waals surface area contributed by atoms with E-state index in [1.165, 1.54) is 18.2 Å². The third-order valence-corrected chi connectivity index (χ3v) is 2.88. The number of benzene rings is 1. The lowest BCUT2D eigenvalue weighted by molar-refractivity contribution is 0.175. The fourth-order valence-corrected chi connectivity index (χ4v) is 2.01. The van der Waals surface area contributed by atoms with Gasteiger partial charge in [0.1, 0.15) is 6.61 Å². The highest BCUT2D eigenvalue weighted by atomic mass is 35.5. The maximum Gasteiger partial charge on any atom is 0.238 e. The Hall–Kier alpha value is -0.620. The number of rotatable bonds is 2. The van der Waals surface area contributed by atoms with Crippen LogP contribution < -0.4 is 5.14 Å². The van der Waals surface area contributed by atoms with Crippen molar-refractivity contribution in [3.63, 3.8) is 0 Å². The Morgan fingerprint density at radius 2 is 2.00 bits per heavy atom. The van der Waals surface area contributed by atoms with E-state index in [-0.39, 0.29) is 15.5 Å². The van der Waals surface area contributed by atoms with Gasteiger partial charge < -0.3 is 0 Å². The van der Waals surface area contributed by atoms with Gasteiger partial charge in [-0.05, 0) is 12.1 Å². The van der Waals surface area contributed by atoms with E-state index in [2.05, 4.69) is 0 Å². The summed E-state index contributed by atoms with van der Waals surface area (Å²) in [5, 5.41) is 15.6. The van der Waals surface area contributed by atoms with Gasteiger partial charge in [-0.3, -0.25) is 0 Å². The second-order valence-electron chi connectivity index (χ2n) is 2.41. The topological polar surface area (TPSA) is 80.1 Å². The first-order valence-electron chi connectivity index (χ1n) is 3.35. The van der Waals surface area contributed by atoms with Gasteiger partial charge >= 0.3 is 0 Å². The van der Waals surface area contributed by atoms with Crippen molar-refractivity contribution < 1.29 is 13.5 Å². The summed E-state index contributed by atoms with van der Waals surface area (Å²) in [6.07, 6.45) is 0. The number of primary sulfonamides is 1. The van der Waals surface area contributed by atoms with E-state index in [0.717, 1.165) is 0 Å². The molecule has 0 atom stereocenters. The van der Waals surface area contributed by atoms with Crippen molar-refractivity contribution in [3.05, 3.63) is 28.8 Å². The molecule has 1 aromatic carbocycles. The number of hydrogen-bond donors (Lipinski definition) is 1. The number of sulfonamides is 1. The first kappa shape index (κ1) is 10.5. The molecular weight excluding hydrogens is 214 g/mol. The highest BCUT2D eigenvalue weighted by molar-refractivity contribution is 7.89. The van der Waals surface area contributed by atoms with E-state index in [1.54, 1.807) is 0 Å². The Morgan fingerprint density at radius 3 is 2.38 bits per heavy atom. The Labute approximate surface area is 81.0 Å². The predicted octanol–water partition coefficient (Wildman–Crippen LogP) is 0.918. The largest absolute Gasteiger partial charge is 0.238 e. The third-order valence-electron chi connectivity index (χ3n) is 1.53. The van der Waals surface area contributed by atoms with Crippen LogP contribution in [0, 0.1) is 0 Å². The Morgan fingerprint density at radius 1 is 1.38 bits per heavy atom. The van der Waals surface area contributed by atoms with Crippen LogP contribution in [-0.4, -0.2) is 8.42 Å². The lowest BCUT2D eigenvalue weighted by atomic mass is 10.2. The number of nitrogens with two attached hydrogens (primary N) is 1. The van der Waals surface area contributed by atoms with Crippen LogP contribution in [0.25, 0.3) is 0 Å². The summed E-state index contributed by atoms with van der Waals surface area (Å²) >= 11 is 5.62. The summed E-state index contributed by atoms with van der Waals surface area (Å²) < 4.78 is 21.9. The molecule has 0 unspecified atom stereocenters. The fraction of sp³-hybridized carbons (Fsp3) is 0.143. The van der Waals surface area contributed by atoms with Crippen molar-refractivity contribution in [2.45, 2.75) is 11.5 Å². The molecule has 0 aliphatic heterocycles. The van der Waals surface area contributed by atoms with Gasteiger partial charge in [0.2, 0.25) is 10.0 Å². The second kappa shape index (κ2) is 3.63. The molecule has 0 saturated heterocycles. The first-order chi connectivity index (χ1) is 5.96. The number of halogens is 1. The highest BCUT2D eigenvalue weighted by Crippen LogP contribution is 2.22. The summed E-state index contributed by atoms with van der Waals surface area (Å²) in [4.78, 5) is -0.199. The van der Waals surface area contributed by atoms with Gasteiger partial charge in [0.05, 0.1) is 4.90 Å². The van der Waals surface area contributed by atoms with E-state index < -0.39 is 16.6 Å². The van der Waals surface area contributed by atoms with Crippen molar-refractivity contribution in [1.29, 1.82) is 0 Å². The first-order valence-corrected chi connectivity index (χ1v) is 5.27. The van der Waals surface area contributed by atoms with Crippen molar-refractivity contribution in [2.75, 3.05) is 0 Å². The van der Waals surface area contributed by atoms with Crippen LogP contribution >= 0.6 is 11.6 Å². The quantitative estimate of drug-likeness (QED) is 0.804. The predicted molar refractivity (Wildman–Crippen MR) is 47.2 cm³/mol. The third kappa shape index (κ3) is 2.19. The van der Waals surface area contributed by atoms with Crippen LogP contribution in [0.4, 0.5) is 0 Å². The van der Waals surface area contributed by atoms with E-state index in [1.807, 2.05) is 0 Å². The zero-order valence-corrected chi connectivity index (χ0v) is 8.10. The molecule has 13 heavy (non-hydrogen) atoms. The monoisotopic (exact) mass is 220 g/mol. The van der Waals surface area contributed by atoms with Crippen LogP contribution in [0.15, 0.2) is 23.1 Å². The summed E-state index contributed by atoms with van der Waals surface area (Å²) in [7, 11) is -3.85. The lowest BCUT2D eigenvalue weighted by Gasteiger charge is -2.05. The molecule has 1 rings (SSSR count). The van der Waals surface area contributed by atoms with E-state index in [4.69, 9.17) is 16.7 Å². The highest BCUT2D eigenvalue weighted by Gasteiger charge is 2.15. The van der Waals surface area contributed by atoms with Crippen LogP contribution in [-0.2, 0) is 21.7 Å². The van der Waals surface area contributed by atoms with Crippen LogP contribution in [0.5, 0.6) is 0 Å².